The van der Waals surface area contributed by atoms with Crippen LogP contribution >= 0.6 is 11.8 Å². The van der Waals surface area contributed by atoms with E-state index in [2.05, 4.69) is 11.4 Å². The molecule has 2 heterocycles. The number of amides is 1. The van der Waals surface area contributed by atoms with Crippen LogP contribution in [0.1, 0.15) is 33.7 Å². The Balaban J connectivity index is 2.02. The van der Waals surface area contributed by atoms with E-state index in [0.717, 1.165) is 33.4 Å². The van der Waals surface area contributed by atoms with E-state index in [4.69, 9.17) is 4.42 Å². The molecule has 4 nitrogen and oxygen atoms in total. The topological polar surface area (TPSA) is 66.0 Å². The summed E-state index contributed by atoms with van der Waals surface area (Å²) >= 11 is 1.69. The van der Waals surface area contributed by atoms with Crippen molar-refractivity contribution in [2.45, 2.75) is 32.7 Å². The Kier molecular flexibility index (Phi) is 3.65. The highest BCUT2D eigenvalue weighted by Crippen LogP contribution is 2.32. The summed E-state index contributed by atoms with van der Waals surface area (Å²) in [4.78, 5) is 12.6. The van der Waals surface area contributed by atoms with Gasteiger partial charge in [-0.1, -0.05) is 12.1 Å². The first-order chi connectivity index (χ1) is 10.5. The fraction of sp³-hybridized carbons (Fsp3) is 0.412. The van der Waals surface area contributed by atoms with Crippen molar-refractivity contribution in [1.29, 1.82) is 5.26 Å². The van der Waals surface area contributed by atoms with Crippen LogP contribution in [0.2, 0.25) is 0 Å². The van der Waals surface area contributed by atoms with Crippen LogP contribution in [0.5, 0.6) is 0 Å². The number of rotatable bonds is 2. The molecule has 0 spiro atoms. The highest BCUT2D eigenvalue weighted by Gasteiger charge is 2.37. The van der Waals surface area contributed by atoms with E-state index >= 15 is 0 Å². The van der Waals surface area contributed by atoms with E-state index in [1.165, 1.54) is 0 Å². The third-order valence-corrected chi connectivity index (χ3v) is 5.47. The molecular formula is C17H18N2O2S. The highest BCUT2D eigenvalue weighted by molar-refractivity contribution is 7.99. The second-order valence-corrected chi connectivity index (χ2v) is 7.02. The van der Waals surface area contributed by atoms with Crippen LogP contribution in [-0.2, 0) is 0 Å². The zero-order valence-corrected chi connectivity index (χ0v) is 13.8. The largest absolute Gasteiger partial charge is 0.450 e. The van der Waals surface area contributed by atoms with Crippen molar-refractivity contribution in [2.75, 3.05) is 11.5 Å². The normalized spacial score (nSPS) is 21.0. The zero-order valence-electron chi connectivity index (χ0n) is 12.9. The molecule has 114 valence electrons. The molecule has 1 aromatic heterocycles. The minimum atomic E-state index is -0.767. The van der Waals surface area contributed by atoms with Gasteiger partial charge in [-0.05, 0) is 44.1 Å². The molecule has 5 heteroatoms. The number of fused-ring (bicyclic) bond motifs is 1. The van der Waals surface area contributed by atoms with Crippen molar-refractivity contribution in [1.82, 2.24) is 5.32 Å². The molecule has 1 amide bonds. The number of thioether (sulfide) groups is 1. The van der Waals surface area contributed by atoms with E-state index in [9.17, 15) is 10.1 Å². The predicted molar refractivity (Wildman–Crippen MR) is 88.2 cm³/mol. The maximum absolute atomic E-state index is 12.6. The molecule has 0 radical (unpaired) electrons. The fourth-order valence-corrected chi connectivity index (χ4v) is 4.21. The number of aryl methyl sites for hydroxylation is 3. The zero-order chi connectivity index (χ0) is 15.9. The molecule has 1 fully saturated rings. The van der Waals surface area contributed by atoms with Gasteiger partial charge in [0.2, 0.25) is 0 Å². The maximum atomic E-state index is 12.6. The van der Waals surface area contributed by atoms with Crippen LogP contribution < -0.4 is 5.32 Å². The molecule has 1 aliphatic heterocycles. The molecule has 1 aliphatic rings. The Morgan fingerprint density at radius 2 is 2.09 bits per heavy atom. The molecule has 1 aromatic carbocycles. The quantitative estimate of drug-likeness (QED) is 0.921. The lowest BCUT2D eigenvalue weighted by Gasteiger charge is -2.20. The summed E-state index contributed by atoms with van der Waals surface area (Å²) in [7, 11) is 0. The summed E-state index contributed by atoms with van der Waals surface area (Å²) in [6.07, 6.45) is 0.678. The number of nitrogens with one attached hydrogen (secondary N) is 1. The molecule has 1 atom stereocenters. The van der Waals surface area contributed by atoms with Gasteiger partial charge in [0.05, 0.1) is 6.07 Å². The van der Waals surface area contributed by atoms with Gasteiger partial charge in [-0.2, -0.15) is 17.0 Å². The molecule has 22 heavy (non-hydrogen) atoms. The van der Waals surface area contributed by atoms with E-state index in [-0.39, 0.29) is 5.91 Å². The second kappa shape index (κ2) is 5.36. The van der Waals surface area contributed by atoms with Crippen molar-refractivity contribution in [3.05, 3.63) is 34.6 Å². The van der Waals surface area contributed by atoms with Crippen LogP contribution in [0.25, 0.3) is 11.0 Å². The third-order valence-electron chi connectivity index (χ3n) is 4.28. The molecule has 0 aliphatic carbocycles. The lowest BCUT2D eigenvalue weighted by molar-refractivity contribution is 0.0899. The number of benzene rings is 1. The second-order valence-electron chi connectivity index (χ2n) is 5.91. The minimum Gasteiger partial charge on any atom is -0.450 e. The first-order valence-corrected chi connectivity index (χ1v) is 8.44. The number of carbonyl (C=O) groups excluding carboxylic acids is 1. The maximum Gasteiger partial charge on any atom is 0.288 e. The van der Waals surface area contributed by atoms with Crippen molar-refractivity contribution < 1.29 is 9.21 Å². The summed E-state index contributed by atoms with van der Waals surface area (Å²) in [5, 5.41) is 13.3. The molecule has 0 bridgehead atoms. The number of hydrogen-bond acceptors (Lipinski definition) is 4. The van der Waals surface area contributed by atoms with Gasteiger partial charge in [0.1, 0.15) is 11.1 Å². The SMILES string of the molecule is Cc1ccc(C)c2c(C)c(C(=O)N[C@]3(C#N)CCSC3)oc12. The van der Waals surface area contributed by atoms with Gasteiger partial charge >= 0.3 is 0 Å². The highest BCUT2D eigenvalue weighted by atomic mass is 32.2. The number of nitrogens with zero attached hydrogens (tertiary/aromatic N) is 1. The van der Waals surface area contributed by atoms with Gasteiger partial charge in [-0.3, -0.25) is 4.79 Å². The molecule has 1 N–H and O–H groups in total. The van der Waals surface area contributed by atoms with Crippen LogP contribution in [0.3, 0.4) is 0 Å². The number of carbonyl (C=O) groups is 1. The fourth-order valence-electron chi connectivity index (χ4n) is 2.95. The van der Waals surface area contributed by atoms with Gasteiger partial charge in [0.15, 0.2) is 5.76 Å². The third kappa shape index (κ3) is 2.28. The van der Waals surface area contributed by atoms with Gasteiger partial charge in [0.25, 0.3) is 5.91 Å². The van der Waals surface area contributed by atoms with E-state index < -0.39 is 5.54 Å². The molecule has 2 aromatic rings. The van der Waals surface area contributed by atoms with Crippen molar-refractivity contribution in [2.24, 2.45) is 0 Å². The summed E-state index contributed by atoms with van der Waals surface area (Å²) in [5.41, 5.74) is 2.93. The van der Waals surface area contributed by atoms with Crippen LogP contribution in [0, 0.1) is 32.1 Å². The first-order valence-electron chi connectivity index (χ1n) is 7.28. The predicted octanol–water partition coefficient (Wildman–Crippen LogP) is 3.49. The van der Waals surface area contributed by atoms with Crippen LogP contribution in [0.4, 0.5) is 0 Å². The van der Waals surface area contributed by atoms with Gasteiger partial charge < -0.3 is 9.73 Å². The Morgan fingerprint density at radius 1 is 1.36 bits per heavy atom. The van der Waals surface area contributed by atoms with Crippen molar-refractivity contribution >= 4 is 28.6 Å². The Morgan fingerprint density at radius 3 is 2.68 bits per heavy atom. The number of nitriles is 1. The lowest BCUT2D eigenvalue weighted by atomic mass is 10.0. The molecular weight excluding hydrogens is 296 g/mol. The molecule has 0 unspecified atom stereocenters. The van der Waals surface area contributed by atoms with Crippen molar-refractivity contribution in [3.63, 3.8) is 0 Å². The smallest absolute Gasteiger partial charge is 0.288 e. The van der Waals surface area contributed by atoms with Crippen molar-refractivity contribution in [3.8, 4) is 6.07 Å². The Bertz CT molecular complexity index is 795. The summed E-state index contributed by atoms with van der Waals surface area (Å²) in [5.74, 6) is 1.55. The van der Waals surface area contributed by atoms with E-state index in [1.54, 1.807) is 11.8 Å². The number of furan rings is 1. The summed E-state index contributed by atoms with van der Waals surface area (Å²) in [6, 6.07) is 6.29. The molecule has 0 saturated carbocycles. The average Bonchev–Trinajstić information content (AvgIpc) is 3.09. The monoisotopic (exact) mass is 314 g/mol. The standard InChI is InChI=1S/C17H18N2O2S/c1-10-4-5-11(2)14-13(10)12(3)15(21-14)16(20)19-17(8-18)6-7-22-9-17/h4-5H,6-7,9H2,1-3H3,(H,19,20)/t17-/m0/s1. The van der Waals surface area contributed by atoms with Crippen LogP contribution in [0.15, 0.2) is 16.5 Å². The summed E-state index contributed by atoms with van der Waals surface area (Å²) in [6.45, 7) is 5.88. The minimum absolute atomic E-state index is 0.295. The van der Waals surface area contributed by atoms with Gasteiger partial charge in [-0.15, -0.1) is 0 Å². The van der Waals surface area contributed by atoms with E-state index in [0.29, 0.717) is 17.9 Å². The molecule has 1 saturated heterocycles. The summed E-state index contributed by atoms with van der Waals surface area (Å²) < 4.78 is 5.84. The van der Waals surface area contributed by atoms with Crippen LogP contribution in [-0.4, -0.2) is 23.0 Å². The molecule has 3 rings (SSSR count). The number of hydrogen-bond donors (Lipinski definition) is 1. The lowest BCUT2D eigenvalue weighted by Crippen LogP contribution is -2.47. The Labute approximate surface area is 133 Å². The average molecular weight is 314 g/mol. The Hall–Kier alpha value is -1.93. The van der Waals surface area contributed by atoms with Gasteiger partial charge in [0, 0.05) is 16.7 Å². The van der Waals surface area contributed by atoms with E-state index in [1.807, 2.05) is 32.9 Å². The first kappa shape index (κ1) is 15.0. The van der Waals surface area contributed by atoms with Gasteiger partial charge in [-0.25, -0.2) is 0 Å².